The lowest BCUT2D eigenvalue weighted by Gasteiger charge is -2.06. The van der Waals surface area contributed by atoms with Crippen LogP contribution in [0.4, 0.5) is 4.39 Å². The summed E-state index contributed by atoms with van der Waals surface area (Å²) in [6.45, 7) is -0.709. The fourth-order valence-corrected chi connectivity index (χ4v) is 1.19. The number of rotatable bonds is 6. The van der Waals surface area contributed by atoms with Crippen molar-refractivity contribution in [1.29, 1.82) is 0 Å². The van der Waals surface area contributed by atoms with E-state index in [9.17, 15) is 14.0 Å². The number of hydrogen-bond donors (Lipinski definition) is 2. The third-order valence-corrected chi connectivity index (χ3v) is 2.01. The number of amides is 1. The van der Waals surface area contributed by atoms with Crippen molar-refractivity contribution in [2.75, 3.05) is 13.2 Å². The van der Waals surface area contributed by atoms with Gasteiger partial charge in [-0.2, -0.15) is 0 Å². The highest BCUT2D eigenvalue weighted by atomic mass is 19.1. The van der Waals surface area contributed by atoms with Crippen molar-refractivity contribution in [1.82, 2.24) is 5.32 Å². The van der Waals surface area contributed by atoms with Crippen LogP contribution in [0.5, 0.6) is 0 Å². The Labute approximate surface area is 104 Å². The van der Waals surface area contributed by atoms with Gasteiger partial charge in [0.1, 0.15) is 26.9 Å². The molecule has 2 radical (unpaired) electrons. The average molecular weight is 251 g/mol. The van der Waals surface area contributed by atoms with Gasteiger partial charge in [-0.25, -0.2) is 9.18 Å². The van der Waals surface area contributed by atoms with E-state index in [0.717, 1.165) is 0 Å². The van der Waals surface area contributed by atoms with Gasteiger partial charge in [-0.15, -0.1) is 0 Å². The molecule has 1 aromatic carbocycles. The zero-order valence-electron chi connectivity index (χ0n) is 9.48. The quantitative estimate of drug-likeness (QED) is 0.658. The van der Waals surface area contributed by atoms with E-state index in [1.54, 1.807) is 0 Å². The maximum atomic E-state index is 12.9. The summed E-state index contributed by atoms with van der Waals surface area (Å²) in [4.78, 5) is 21.3. The van der Waals surface area contributed by atoms with E-state index in [0.29, 0.717) is 5.56 Å². The lowest BCUT2D eigenvalue weighted by molar-refractivity contribution is -0.143. The van der Waals surface area contributed by atoms with Gasteiger partial charge in [0.25, 0.3) is 0 Å². The Bertz CT molecular complexity index is 453. The minimum absolute atomic E-state index is 0.00359. The Hall–Kier alpha value is -1.89. The minimum atomic E-state index is -1.14. The van der Waals surface area contributed by atoms with Crippen molar-refractivity contribution in [3.8, 4) is 0 Å². The van der Waals surface area contributed by atoms with Crippen molar-refractivity contribution >= 4 is 25.2 Å². The van der Waals surface area contributed by atoms with Gasteiger partial charge in [0.15, 0.2) is 0 Å². The molecule has 0 aliphatic heterocycles. The monoisotopic (exact) mass is 251 g/mol. The molecule has 0 fully saturated rings. The van der Waals surface area contributed by atoms with Gasteiger partial charge in [-0.1, -0.05) is 17.6 Å². The third kappa shape index (κ3) is 4.96. The second-order valence-corrected chi connectivity index (χ2v) is 3.52. The highest BCUT2D eigenvalue weighted by molar-refractivity contribution is 6.32. The minimum Gasteiger partial charge on any atom is -0.480 e. The molecular formula is C11H11BFNO4. The fraction of sp³-hybridized carbons (Fsp3) is 0.273. The molecule has 0 saturated heterocycles. The number of carboxylic acid groups (broad SMARTS) is 1. The molecule has 0 bridgehead atoms. The van der Waals surface area contributed by atoms with E-state index in [1.165, 1.54) is 18.2 Å². The SMILES string of the molecule is [B]c1cc(CNC(=O)COCC(=O)O)ccc1F. The van der Waals surface area contributed by atoms with Crippen molar-refractivity contribution in [2.45, 2.75) is 6.54 Å². The number of carbonyl (C=O) groups excluding carboxylic acids is 1. The van der Waals surface area contributed by atoms with E-state index < -0.39 is 24.3 Å². The van der Waals surface area contributed by atoms with Gasteiger partial charge < -0.3 is 15.2 Å². The molecule has 0 atom stereocenters. The van der Waals surface area contributed by atoms with Crippen LogP contribution in [0.15, 0.2) is 18.2 Å². The Morgan fingerprint density at radius 2 is 2.11 bits per heavy atom. The topological polar surface area (TPSA) is 75.6 Å². The molecule has 94 valence electrons. The summed E-state index contributed by atoms with van der Waals surface area (Å²) in [6.07, 6.45) is 0. The summed E-state index contributed by atoms with van der Waals surface area (Å²) in [5.74, 6) is -2.12. The summed E-state index contributed by atoms with van der Waals surface area (Å²) in [6, 6.07) is 4.11. The number of hydrogen-bond acceptors (Lipinski definition) is 3. The second-order valence-electron chi connectivity index (χ2n) is 3.52. The van der Waals surface area contributed by atoms with Gasteiger partial charge in [-0.05, 0) is 11.6 Å². The largest absolute Gasteiger partial charge is 0.480 e. The first-order valence-corrected chi connectivity index (χ1v) is 5.09. The molecule has 18 heavy (non-hydrogen) atoms. The molecule has 1 aromatic rings. The van der Waals surface area contributed by atoms with Crippen LogP contribution in [0.2, 0.25) is 0 Å². The van der Waals surface area contributed by atoms with Crippen LogP contribution in [0.3, 0.4) is 0 Å². The molecule has 1 rings (SSSR count). The van der Waals surface area contributed by atoms with Crippen LogP contribution in [0.1, 0.15) is 5.56 Å². The molecule has 0 aromatic heterocycles. The lowest BCUT2D eigenvalue weighted by atomic mass is 9.93. The predicted octanol–water partition coefficient (Wildman–Crippen LogP) is -0.663. The van der Waals surface area contributed by atoms with Gasteiger partial charge in [0, 0.05) is 6.54 Å². The van der Waals surface area contributed by atoms with Gasteiger partial charge in [-0.3, -0.25) is 4.79 Å². The number of carbonyl (C=O) groups is 2. The number of ether oxygens (including phenoxy) is 1. The predicted molar refractivity (Wildman–Crippen MR) is 62.1 cm³/mol. The average Bonchev–Trinajstić information content (AvgIpc) is 2.30. The summed E-state index contributed by atoms with van der Waals surface area (Å²) >= 11 is 0. The Kier molecular flexibility index (Phi) is 5.32. The second kappa shape index (κ2) is 6.75. The number of nitrogens with one attached hydrogen (secondary N) is 1. The highest BCUT2D eigenvalue weighted by Gasteiger charge is 2.04. The molecule has 0 saturated carbocycles. The van der Waals surface area contributed by atoms with Crippen LogP contribution in [-0.2, 0) is 20.9 Å². The van der Waals surface area contributed by atoms with Crippen molar-refractivity contribution in [2.24, 2.45) is 0 Å². The molecule has 1 amide bonds. The summed E-state index contributed by atoms with van der Waals surface area (Å²) in [5.41, 5.74) is 0.643. The lowest BCUT2D eigenvalue weighted by Crippen LogP contribution is -2.28. The van der Waals surface area contributed by atoms with Gasteiger partial charge >= 0.3 is 5.97 Å². The Morgan fingerprint density at radius 3 is 2.72 bits per heavy atom. The molecule has 7 heteroatoms. The van der Waals surface area contributed by atoms with Crippen molar-refractivity contribution in [3.63, 3.8) is 0 Å². The van der Waals surface area contributed by atoms with Crippen LogP contribution in [0, 0.1) is 5.82 Å². The summed E-state index contributed by atoms with van der Waals surface area (Å²) in [7, 11) is 5.36. The fourth-order valence-electron chi connectivity index (χ4n) is 1.19. The number of carboxylic acids is 1. The van der Waals surface area contributed by atoms with E-state index >= 15 is 0 Å². The maximum absolute atomic E-state index is 12.9. The number of halogens is 1. The van der Waals surface area contributed by atoms with Crippen LogP contribution >= 0.6 is 0 Å². The van der Waals surface area contributed by atoms with E-state index in [-0.39, 0.29) is 18.6 Å². The van der Waals surface area contributed by atoms with E-state index in [1.807, 2.05) is 0 Å². The Morgan fingerprint density at radius 1 is 1.39 bits per heavy atom. The van der Waals surface area contributed by atoms with Crippen molar-refractivity contribution < 1.29 is 23.8 Å². The summed E-state index contributed by atoms with van der Waals surface area (Å²) in [5, 5.41) is 10.8. The van der Waals surface area contributed by atoms with E-state index in [4.69, 9.17) is 13.0 Å². The Balaban J connectivity index is 2.33. The standard InChI is InChI=1S/C11H11BFNO4/c12-8-3-7(1-2-9(8)13)4-14-10(15)5-18-6-11(16)17/h1-3H,4-6H2,(H,14,15)(H,16,17). The maximum Gasteiger partial charge on any atom is 0.329 e. The van der Waals surface area contributed by atoms with Crippen molar-refractivity contribution in [3.05, 3.63) is 29.6 Å². The van der Waals surface area contributed by atoms with Crippen LogP contribution in [-0.4, -0.2) is 38.0 Å². The number of benzene rings is 1. The molecule has 0 aliphatic carbocycles. The first kappa shape index (κ1) is 14.2. The summed E-state index contributed by atoms with van der Waals surface area (Å²) < 4.78 is 17.4. The first-order valence-electron chi connectivity index (χ1n) is 5.09. The zero-order chi connectivity index (χ0) is 13.5. The third-order valence-electron chi connectivity index (χ3n) is 2.01. The highest BCUT2D eigenvalue weighted by Crippen LogP contribution is 1.99. The molecule has 0 spiro atoms. The smallest absolute Gasteiger partial charge is 0.329 e. The normalized spacial score (nSPS) is 10.1. The molecular weight excluding hydrogens is 240 g/mol. The van der Waals surface area contributed by atoms with E-state index in [2.05, 4.69) is 10.1 Å². The molecule has 0 unspecified atom stereocenters. The molecule has 2 N–H and O–H groups in total. The molecule has 0 heterocycles. The van der Waals surface area contributed by atoms with Gasteiger partial charge in [0.05, 0.1) is 0 Å². The number of aliphatic carboxylic acids is 1. The zero-order valence-corrected chi connectivity index (χ0v) is 9.48. The van der Waals surface area contributed by atoms with Gasteiger partial charge in [0.2, 0.25) is 5.91 Å². The first-order chi connectivity index (χ1) is 8.49. The molecule has 5 nitrogen and oxygen atoms in total. The van der Waals surface area contributed by atoms with Crippen LogP contribution < -0.4 is 10.8 Å². The molecule has 0 aliphatic rings. The van der Waals surface area contributed by atoms with Crippen LogP contribution in [0.25, 0.3) is 0 Å².